The minimum atomic E-state index is -0.393. The van der Waals surface area contributed by atoms with Gasteiger partial charge in [-0.1, -0.05) is 35.9 Å². The minimum absolute atomic E-state index is 0.393. The van der Waals surface area contributed by atoms with Crippen molar-refractivity contribution in [3.05, 3.63) is 65.2 Å². The van der Waals surface area contributed by atoms with Crippen molar-refractivity contribution in [3.63, 3.8) is 0 Å². The van der Waals surface area contributed by atoms with E-state index in [-0.39, 0.29) is 0 Å². The van der Waals surface area contributed by atoms with Gasteiger partial charge in [-0.15, -0.1) is 11.8 Å². The molecule has 18 heavy (non-hydrogen) atoms. The number of carbonyl (C=O) groups is 1. The van der Waals surface area contributed by atoms with E-state index in [1.54, 1.807) is 17.8 Å². The van der Waals surface area contributed by atoms with Crippen molar-refractivity contribution < 1.29 is 4.79 Å². The Balaban J connectivity index is 2.13. The highest BCUT2D eigenvalue weighted by molar-refractivity contribution is 7.98. The zero-order valence-corrected chi connectivity index (χ0v) is 11.6. The second-order valence-electron chi connectivity index (χ2n) is 4.04. The van der Waals surface area contributed by atoms with Crippen molar-refractivity contribution >= 4 is 28.6 Å². The number of hydrogen-bond donors (Lipinski definition) is 0. The molecule has 1 nitrogen and oxygen atoms in total. The standard InChI is InChI=1S/C15H13ClOS/c1-11-5-4-7-13(9-11)18-10-12-6-2-3-8-14(12)15(16)17/h2-9H,10H2,1H3. The van der Waals surface area contributed by atoms with Crippen molar-refractivity contribution in [2.75, 3.05) is 0 Å². The zero-order chi connectivity index (χ0) is 13.0. The molecule has 0 aliphatic heterocycles. The lowest BCUT2D eigenvalue weighted by atomic mass is 10.1. The molecule has 92 valence electrons. The lowest BCUT2D eigenvalue weighted by Gasteiger charge is -2.06. The number of halogens is 1. The van der Waals surface area contributed by atoms with Crippen LogP contribution >= 0.6 is 23.4 Å². The van der Waals surface area contributed by atoms with Crippen molar-refractivity contribution in [1.82, 2.24) is 0 Å². The number of hydrogen-bond acceptors (Lipinski definition) is 2. The molecule has 0 heterocycles. The van der Waals surface area contributed by atoms with Gasteiger partial charge in [0, 0.05) is 16.2 Å². The van der Waals surface area contributed by atoms with E-state index >= 15 is 0 Å². The van der Waals surface area contributed by atoms with Gasteiger partial charge in [0.15, 0.2) is 0 Å². The molecule has 2 aromatic rings. The van der Waals surface area contributed by atoms with Gasteiger partial charge in [0.05, 0.1) is 0 Å². The average Bonchev–Trinajstić information content (AvgIpc) is 2.37. The van der Waals surface area contributed by atoms with Crippen LogP contribution in [0, 0.1) is 6.92 Å². The van der Waals surface area contributed by atoms with Crippen LogP contribution < -0.4 is 0 Å². The molecule has 0 aromatic heterocycles. The monoisotopic (exact) mass is 276 g/mol. The first-order chi connectivity index (χ1) is 8.66. The van der Waals surface area contributed by atoms with E-state index in [1.807, 2.05) is 24.3 Å². The van der Waals surface area contributed by atoms with Crippen LogP contribution in [-0.2, 0) is 5.75 Å². The number of rotatable bonds is 4. The SMILES string of the molecule is Cc1cccc(SCc2ccccc2C(=O)Cl)c1. The summed E-state index contributed by atoms with van der Waals surface area (Å²) in [6, 6.07) is 15.8. The Hall–Kier alpha value is -1.25. The Morgan fingerprint density at radius 1 is 1.17 bits per heavy atom. The highest BCUT2D eigenvalue weighted by atomic mass is 35.5. The fourth-order valence-electron chi connectivity index (χ4n) is 1.70. The molecule has 0 spiro atoms. The van der Waals surface area contributed by atoms with Gasteiger partial charge in [0.25, 0.3) is 5.24 Å². The predicted octanol–water partition coefficient (Wildman–Crippen LogP) is 4.67. The van der Waals surface area contributed by atoms with Gasteiger partial charge in [0.1, 0.15) is 0 Å². The van der Waals surface area contributed by atoms with E-state index in [2.05, 4.69) is 25.1 Å². The van der Waals surface area contributed by atoms with Crippen molar-refractivity contribution in [2.45, 2.75) is 17.6 Å². The molecule has 2 aromatic carbocycles. The quantitative estimate of drug-likeness (QED) is 0.596. The predicted molar refractivity (Wildman–Crippen MR) is 77.4 cm³/mol. The molecular weight excluding hydrogens is 264 g/mol. The summed E-state index contributed by atoms with van der Waals surface area (Å²) in [6.45, 7) is 2.07. The van der Waals surface area contributed by atoms with Crippen LogP contribution in [-0.4, -0.2) is 5.24 Å². The van der Waals surface area contributed by atoms with E-state index in [0.717, 1.165) is 11.3 Å². The molecule has 0 bridgehead atoms. The molecular formula is C15H13ClOS. The maximum atomic E-state index is 11.3. The van der Waals surface area contributed by atoms with Crippen molar-refractivity contribution in [3.8, 4) is 0 Å². The molecule has 0 saturated heterocycles. The molecule has 0 aliphatic carbocycles. The fourth-order valence-corrected chi connectivity index (χ4v) is 2.91. The summed E-state index contributed by atoms with van der Waals surface area (Å²) in [5.41, 5.74) is 2.81. The Labute approximate surface area is 116 Å². The van der Waals surface area contributed by atoms with Crippen molar-refractivity contribution in [2.24, 2.45) is 0 Å². The molecule has 0 saturated carbocycles. The molecule has 0 N–H and O–H groups in total. The summed E-state index contributed by atoms with van der Waals surface area (Å²) in [7, 11) is 0. The van der Waals surface area contributed by atoms with Gasteiger partial charge >= 0.3 is 0 Å². The second-order valence-corrected chi connectivity index (χ2v) is 5.43. The number of benzene rings is 2. The van der Waals surface area contributed by atoms with E-state index in [9.17, 15) is 4.79 Å². The number of carbonyl (C=O) groups excluding carboxylic acids is 1. The van der Waals surface area contributed by atoms with E-state index in [0.29, 0.717) is 5.56 Å². The Morgan fingerprint density at radius 2 is 1.94 bits per heavy atom. The lowest BCUT2D eigenvalue weighted by Crippen LogP contribution is -1.95. The van der Waals surface area contributed by atoms with Crippen LogP contribution in [0.15, 0.2) is 53.4 Å². The molecule has 0 atom stereocenters. The molecule has 2 rings (SSSR count). The Bertz CT molecular complexity index is 566. The molecule has 3 heteroatoms. The topological polar surface area (TPSA) is 17.1 Å². The molecule has 0 radical (unpaired) electrons. The highest BCUT2D eigenvalue weighted by Crippen LogP contribution is 2.25. The van der Waals surface area contributed by atoms with Crippen LogP contribution in [0.2, 0.25) is 0 Å². The van der Waals surface area contributed by atoms with Crippen LogP contribution in [0.4, 0.5) is 0 Å². The number of aryl methyl sites for hydroxylation is 1. The van der Waals surface area contributed by atoms with Gasteiger partial charge < -0.3 is 0 Å². The van der Waals surface area contributed by atoms with Crippen LogP contribution in [0.25, 0.3) is 0 Å². The van der Waals surface area contributed by atoms with Gasteiger partial charge in [-0.2, -0.15) is 0 Å². The van der Waals surface area contributed by atoms with E-state index in [1.165, 1.54) is 10.5 Å². The lowest BCUT2D eigenvalue weighted by molar-refractivity contribution is 0.108. The molecule has 0 unspecified atom stereocenters. The third kappa shape index (κ3) is 3.37. The average molecular weight is 277 g/mol. The smallest absolute Gasteiger partial charge is 0.252 e. The van der Waals surface area contributed by atoms with Crippen LogP contribution in [0.1, 0.15) is 21.5 Å². The molecule has 0 fully saturated rings. The Morgan fingerprint density at radius 3 is 2.67 bits per heavy atom. The maximum Gasteiger partial charge on any atom is 0.252 e. The van der Waals surface area contributed by atoms with Crippen LogP contribution in [0.5, 0.6) is 0 Å². The fraction of sp³-hybridized carbons (Fsp3) is 0.133. The van der Waals surface area contributed by atoms with Gasteiger partial charge in [-0.25, -0.2) is 0 Å². The summed E-state index contributed by atoms with van der Waals surface area (Å²) >= 11 is 7.28. The highest BCUT2D eigenvalue weighted by Gasteiger charge is 2.08. The first kappa shape index (κ1) is 13.2. The van der Waals surface area contributed by atoms with Gasteiger partial charge in [-0.3, -0.25) is 4.79 Å². The molecule has 0 amide bonds. The largest absolute Gasteiger partial charge is 0.276 e. The zero-order valence-electron chi connectivity index (χ0n) is 10.0. The summed E-state index contributed by atoms with van der Waals surface area (Å²) < 4.78 is 0. The summed E-state index contributed by atoms with van der Waals surface area (Å²) in [6.07, 6.45) is 0. The third-order valence-electron chi connectivity index (χ3n) is 2.61. The summed E-state index contributed by atoms with van der Waals surface area (Å²) in [4.78, 5) is 12.5. The molecule has 0 aliphatic rings. The van der Waals surface area contributed by atoms with Crippen molar-refractivity contribution in [1.29, 1.82) is 0 Å². The van der Waals surface area contributed by atoms with Gasteiger partial charge in [0.2, 0.25) is 0 Å². The first-order valence-corrected chi connectivity index (χ1v) is 7.00. The van der Waals surface area contributed by atoms with Gasteiger partial charge in [-0.05, 0) is 42.3 Å². The summed E-state index contributed by atoms with van der Waals surface area (Å²) in [5.74, 6) is 0.748. The van der Waals surface area contributed by atoms with E-state index in [4.69, 9.17) is 11.6 Å². The minimum Gasteiger partial charge on any atom is -0.276 e. The normalized spacial score (nSPS) is 10.3. The summed E-state index contributed by atoms with van der Waals surface area (Å²) in [5, 5.41) is -0.393. The maximum absolute atomic E-state index is 11.3. The second kappa shape index (κ2) is 6.07. The first-order valence-electron chi connectivity index (χ1n) is 5.64. The van der Waals surface area contributed by atoms with E-state index < -0.39 is 5.24 Å². The number of thioether (sulfide) groups is 1. The third-order valence-corrected chi connectivity index (χ3v) is 3.86. The Kier molecular flexibility index (Phi) is 4.45. The van der Waals surface area contributed by atoms with Crippen LogP contribution in [0.3, 0.4) is 0 Å².